The number of thioether (sulfide) groups is 1. The molecule has 0 amide bonds. The minimum absolute atomic E-state index is 0.692. The van der Waals surface area contributed by atoms with Crippen LogP contribution in [0.25, 0.3) is 0 Å². The van der Waals surface area contributed by atoms with Crippen LogP contribution in [0, 0.1) is 0 Å². The van der Waals surface area contributed by atoms with E-state index < -0.39 is 0 Å². The second-order valence-electron chi connectivity index (χ2n) is 3.71. The van der Waals surface area contributed by atoms with Gasteiger partial charge in [-0.15, -0.1) is 0 Å². The van der Waals surface area contributed by atoms with Gasteiger partial charge in [-0.2, -0.15) is 11.8 Å². The maximum atomic E-state index is 5.34. The lowest BCUT2D eigenvalue weighted by Crippen LogP contribution is -2.46. The van der Waals surface area contributed by atoms with Gasteiger partial charge in [-0.3, -0.25) is 0 Å². The molecule has 0 aliphatic carbocycles. The van der Waals surface area contributed by atoms with Crippen molar-refractivity contribution < 1.29 is 4.74 Å². The van der Waals surface area contributed by atoms with Crippen LogP contribution in [0.3, 0.4) is 0 Å². The summed E-state index contributed by atoms with van der Waals surface area (Å²) in [6.45, 7) is 6.10. The number of nitrogens with zero attached hydrogens (tertiary/aromatic N) is 1. The summed E-state index contributed by atoms with van der Waals surface area (Å²) < 4.78 is 4.99. The van der Waals surface area contributed by atoms with Crippen LogP contribution in [0.15, 0.2) is 0 Å². The van der Waals surface area contributed by atoms with E-state index in [1.807, 2.05) is 11.8 Å². The zero-order chi connectivity index (χ0) is 11.1. The second kappa shape index (κ2) is 7.30. The largest absolute Gasteiger partial charge is 0.385 e. The maximum Gasteiger partial charge on any atom is 0.168 e. The highest BCUT2D eigenvalue weighted by atomic mass is 32.2. The molecular formula is C10H20N2OS2. The molecule has 0 radical (unpaired) electrons. The Kier molecular flexibility index (Phi) is 6.36. The van der Waals surface area contributed by atoms with E-state index >= 15 is 0 Å². The molecule has 1 aliphatic heterocycles. The molecule has 1 fully saturated rings. The highest BCUT2D eigenvalue weighted by Gasteiger charge is 2.18. The minimum atomic E-state index is 0.692. The Morgan fingerprint density at radius 3 is 3.13 bits per heavy atom. The van der Waals surface area contributed by atoms with Crippen molar-refractivity contribution in [2.45, 2.75) is 18.6 Å². The van der Waals surface area contributed by atoms with Gasteiger partial charge in [-0.1, -0.05) is 6.92 Å². The fourth-order valence-electron chi connectivity index (χ4n) is 1.53. The molecule has 3 nitrogen and oxygen atoms in total. The Bertz CT molecular complexity index is 202. The predicted molar refractivity (Wildman–Crippen MR) is 70.6 cm³/mol. The predicted octanol–water partition coefficient (Wildman–Crippen LogP) is 1.33. The second-order valence-corrected chi connectivity index (χ2v) is 5.64. The highest BCUT2D eigenvalue weighted by molar-refractivity contribution is 8.00. The van der Waals surface area contributed by atoms with Gasteiger partial charge in [-0.05, 0) is 18.6 Å². The molecule has 15 heavy (non-hydrogen) atoms. The third-order valence-electron chi connectivity index (χ3n) is 2.33. The molecule has 5 heteroatoms. The summed E-state index contributed by atoms with van der Waals surface area (Å²) in [6.07, 6.45) is 1.01. The Hall–Kier alpha value is 0. The van der Waals surface area contributed by atoms with Crippen molar-refractivity contribution >= 4 is 29.1 Å². The first-order valence-corrected chi connectivity index (χ1v) is 6.83. The van der Waals surface area contributed by atoms with Crippen molar-refractivity contribution in [3.8, 4) is 0 Å². The van der Waals surface area contributed by atoms with Crippen LogP contribution < -0.4 is 5.32 Å². The number of ether oxygens (including phenoxy) is 1. The zero-order valence-electron chi connectivity index (χ0n) is 9.49. The molecule has 0 aromatic carbocycles. The number of rotatable bonds is 4. The third kappa shape index (κ3) is 5.04. The van der Waals surface area contributed by atoms with E-state index in [2.05, 4.69) is 17.1 Å². The standard InChI is InChI=1S/C10H20N2OS2/c1-9-8-12(5-7-15-9)10(14)11-4-3-6-13-2/h9H,3-8H2,1-2H3,(H,11,14). The summed E-state index contributed by atoms with van der Waals surface area (Å²) >= 11 is 7.36. The molecule has 0 saturated carbocycles. The topological polar surface area (TPSA) is 24.5 Å². The Morgan fingerprint density at radius 2 is 2.47 bits per heavy atom. The van der Waals surface area contributed by atoms with Crippen LogP contribution in [-0.2, 0) is 4.74 Å². The van der Waals surface area contributed by atoms with E-state index in [0.717, 1.165) is 37.8 Å². The number of thiocarbonyl (C=S) groups is 1. The molecule has 0 aromatic rings. The molecule has 1 unspecified atom stereocenters. The van der Waals surface area contributed by atoms with E-state index in [1.165, 1.54) is 5.75 Å². The highest BCUT2D eigenvalue weighted by Crippen LogP contribution is 2.17. The first-order valence-electron chi connectivity index (χ1n) is 5.37. The van der Waals surface area contributed by atoms with Crippen LogP contribution in [0.2, 0.25) is 0 Å². The van der Waals surface area contributed by atoms with Crippen LogP contribution in [-0.4, -0.2) is 54.4 Å². The molecule has 1 heterocycles. The minimum Gasteiger partial charge on any atom is -0.385 e. The van der Waals surface area contributed by atoms with Crippen molar-refractivity contribution in [3.05, 3.63) is 0 Å². The molecule has 1 rings (SSSR count). The van der Waals surface area contributed by atoms with Crippen LogP contribution in [0.5, 0.6) is 0 Å². The molecule has 88 valence electrons. The van der Waals surface area contributed by atoms with Crippen LogP contribution in [0.4, 0.5) is 0 Å². The monoisotopic (exact) mass is 248 g/mol. The third-order valence-corrected chi connectivity index (χ3v) is 3.87. The van der Waals surface area contributed by atoms with Gasteiger partial charge >= 0.3 is 0 Å². The number of hydrogen-bond donors (Lipinski definition) is 1. The molecule has 1 atom stereocenters. The van der Waals surface area contributed by atoms with Gasteiger partial charge in [0.15, 0.2) is 5.11 Å². The lowest BCUT2D eigenvalue weighted by atomic mass is 10.4. The van der Waals surface area contributed by atoms with Crippen LogP contribution in [0.1, 0.15) is 13.3 Å². The fraction of sp³-hybridized carbons (Fsp3) is 0.900. The molecule has 1 N–H and O–H groups in total. The average Bonchev–Trinajstić information content (AvgIpc) is 2.24. The summed E-state index contributed by atoms with van der Waals surface area (Å²) in [6, 6.07) is 0. The van der Waals surface area contributed by atoms with Gasteiger partial charge < -0.3 is 15.0 Å². The Morgan fingerprint density at radius 1 is 1.67 bits per heavy atom. The Balaban J connectivity index is 2.15. The summed E-state index contributed by atoms with van der Waals surface area (Å²) in [4.78, 5) is 2.27. The van der Waals surface area contributed by atoms with Crippen molar-refractivity contribution in [2.75, 3.05) is 39.1 Å². The van der Waals surface area contributed by atoms with Gasteiger partial charge in [0.2, 0.25) is 0 Å². The molecule has 0 spiro atoms. The van der Waals surface area contributed by atoms with Gasteiger partial charge in [0.1, 0.15) is 0 Å². The normalized spacial score (nSPS) is 21.5. The van der Waals surface area contributed by atoms with Gasteiger partial charge in [0, 0.05) is 44.4 Å². The van der Waals surface area contributed by atoms with Gasteiger partial charge in [-0.25, -0.2) is 0 Å². The average molecular weight is 248 g/mol. The van der Waals surface area contributed by atoms with Crippen molar-refractivity contribution in [2.24, 2.45) is 0 Å². The Labute approximate surface area is 102 Å². The fourth-order valence-corrected chi connectivity index (χ4v) is 2.81. The van der Waals surface area contributed by atoms with Gasteiger partial charge in [0.25, 0.3) is 0 Å². The molecule has 1 saturated heterocycles. The van der Waals surface area contributed by atoms with Crippen molar-refractivity contribution in [1.29, 1.82) is 0 Å². The quantitative estimate of drug-likeness (QED) is 0.598. The van der Waals surface area contributed by atoms with Crippen molar-refractivity contribution in [1.82, 2.24) is 10.2 Å². The molecule has 0 aromatic heterocycles. The summed E-state index contributed by atoms with van der Waals surface area (Å²) in [7, 11) is 1.72. The van der Waals surface area contributed by atoms with E-state index in [4.69, 9.17) is 17.0 Å². The molecule has 0 bridgehead atoms. The number of nitrogens with one attached hydrogen (secondary N) is 1. The smallest absolute Gasteiger partial charge is 0.168 e. The zero-order valence-corrected chi connectivity index (χ0v) is 11.1. The number of methoxy groups -OCH3 is 1. The van der Waals surface area contributed by atoms with Crippen molar-refractivity contribution in [3.63, 3.8) is 0 Å². The van der Waals surface area contributed by atoms with E-state index in [9.17, 15) is 0 Å². The van der Waals surface area contributed by atoms with E-state index in [0.29, 0.717) is 5.25 Å². The summed E-state index contributed by atoms with van der Waals surface area (Å²) in [5, 5.41) is 4.87. The maximum absolute atomic E-state index is 5.34. The van der Waals surface area contributed by atoms with E-state index in [-0.39, 0.29) is 0 Å². The molecule has 1 aliphatic rings. The molecular weight excluding hydrogens is 228 g/mol. The summed E-state index contributed by atoms with van der Waals surface area (Å²) in [5.41, 5.74) is 0. The van der Waals surface area contributed by atoms with Gasteiger partial charge in [0.05, 0.1) is 0 Å². The lowest BCUT2D eigenvalue weighted by Gasteiger charge is -2.32. The van der Waals surface area contributed by atoms with Crippen LogP contribution >= 0.6 is 24.0 Å². The SMILES string of the molecule is COCCCNC(=S)N1CCSC(C)C1. The first kappa shape index (κ1) is 13.1. The summed E-state index contributed by atoms with van der Waals surface area (Å²) in [5.74, 6) is 1.18. The number of hydrogen-bond acceptors (Lipinski definition) is 3. The lowest BCUT2D eigenvalue weighted by molar-refractivity contribution is 0.195. The van der Waals surface area contributed by atoms with E-state index in [1.54, 1.807) is 7.11 Å². The first-order chi connectivity index (χ1) is 7.24.